The van der Waals surface area contributed by atoms with Crippen molar-refractivity contribution < 1.29 is 4.79 Å². The molecule has 124 valence electrons. The number of H-pyrrole nitrogens is 1. The Labute approximate surface area is 137 Å². The first-order valence-electron chi connectivity index (χ1n) is 8.38. The molecule has 0 spiro atoms. The highest BCUT2D eigenvalue weighted by atomic mass is 16.1. The molecule has 0 saturated carbocycles. The van der Waals surface area contributed by atoms with Crippen LogP contribution in [0.1, 0.15) is 48.8 Å². The number of aromatic amines is 1. The summed E-state index contributed by atoms with van der Waals surface area (Å²) in [4.78, 5) is 20.2. The third kappa shape index (κ3) is 3.11. The maximum Gasteiger partial charge on any atom is 0.255 e. The molecule has 0 aliphatic heterocycles. The van der Waals surface area contributed by atoms with Crippen molar-refractivity contribution in [2.24, 2.45) is 17.1 Å². The standard InChI is InChI=1S/C18H26N4O/c1-18(2,3)12-4-5-14-11(8-12)9-15-16(22-14)13(10-21-15)17(23)20-7-6-19/h9-10,12,21H,4-8,19H2,1-3H3,(H,20,23). The number of nitrogens with zero attached hydrogens (tertiary/aromatic N) is 1. The van der Waals surface area contributed by atoms with E-state index >= 15 is 0 Å². The van der Waals surface area contributed by atoms with E-state index in [1.54, 1.807) is 6.20 Å². The minimum absolute atomic E-state index is 0.113. The van der Waals surface area contributed by atoms with Crippen molar-refractivity contribution in [3.8, 4) is 0 Å². The summed E-state index contributed by atoms with van der Waals surface area (Å²) in [5.41, 5.74) is 10.5. The van der Waals surface area contributed by atoms with Gasteiger partial charge >= 0.3 is 0 Å². The lowest BCUT2D eigenvalue weighted by Crippen LogP contribution is -2.29. The normalized spacial score (nSPS) is 18.0. The minimum atomic E-state index is -0.113. The van der Waals surface area contributed by atoms with Crippen LogP contribution in [0.5, 0.6) is 0 Å². The second-order valence-corrected chi connectivity index (χ2v) is 7.54. The molecule has 1 aliphatic carbocycles. The molecule has 1 atom stereocenters. The summed E-state index contributed by atoms with van der Waals surface area (Å²) < 4.78 is 0. The summed E-state index contributed by atoms with van der Waals surface area (Å²) in [7, 11) is 0. The van der Waals surface area contributed by atoms with Crippen molar-refractivity contribution >= 4 is 16.9 Å². The first kappa shape index (κ1) is 16.0. The predicted octanol–water partition coefficient (Wildman–Crippen LogP) is 2.40. The van der Waals surface area contributed by atoms with Crippen LogP contribution in [0.4, 0.5) is 0 Å². The molecule has 5 nitrogen and oxygen atoms in total. The number of fused-ring (bicyclic) bond motifs is 2. The average Bonchev–Trinajstić information content (AvgIpc) is 2.91. The lowest BCUT2D eigenvalue weighted by molar-refractivity contribution is 0.0956. The number of aryl methyl sites for hydroxylation is 1. The smallest absolute Gasteiger partial charge is 0.255 e. The van der Waals surface area contributed by atoms with Gasteiger partial charge in [-0.3, -0.25) is 9.78 Å². The van der Waals surface area contributed by atoms with E-state index in [4.69, 9.17) is 10.7 Å². The van der Waals surface area contributed by atoms with Gasteiger partial charge in [0, 0.05) is 25.0 Å². The summed E-state index contributed by atoms with van der Waals surface area (Å²) in [6.45, 7) is 7.84. The van der Waals surface area contributed by atoms with Gasteiger partial charge in [0.1, 0.15) is 5.52 Å². The number of rotatable bonds is 3. The molecule has 0 aromatic carbocycles. The predicted molar refractivity (Wildman–Crippen MR) is 92.5 cm³/mol. The number of pyridine rings is 1. The van der Waals surface area contributed by atoms with Gasteiger partial charge in [0.15, 0.2) is 0 Å². The second kappa shape index (κ2) is 5.96. The molecule has 0 fully saturated rings. The van der Waals surface area contributed by atoms with Crippen molar-refractivity contribution in [1.82, 2.24) is 15.3 Å². The SMILES string of the molecule is CC(C)(C)C1CCc2nc3c(C(=O)NCCN)c[nH]c3cc2C1. The van der Waals surface area contributed by atoms with Gasteiger partial charge in [-0.1, -0.05) is 20.8 Å². The van der Waals surface area contributed by atoms with Crippen LogP contribution in [-0.4, -0.2) is 29.0 Å². The van der Waals surface area contributed by atoms with E-state index in [0.717, 1.165) is 36.0 Å². The van der Waals surface area contributed by atoms with Gasteiger partial charge in [0.25, 0.3) is 5.91 Å². The fourth-order valence-corrected chi connectivity index (χ4v) is 3.39. The molecule has 1 amide bonds. The van der Waals surface area contributed by atoms with Crippen LogP contribution in [0.15, 0.2) is 12.3 Å². The molecule has 0 saturated heterocycles. The Bertz CT molecular complexity index is 726. The molecule has 0 bridgehead atoms. The molecule has 1 unspecified atom stereocenters. The zero-order valence-corrected chi connectivity index (χ0v) is 14.2. The van der Waals surface area contributed by atoms with E-state index < -0.39 is 0 Å². The van der Waals surface area contributed by atoms with E-state index in [0.29, 0.717) is 30.0 Å². The van der Waals surface area contributed by atoms with E-state index in [2.05, 4.69) is 37.1 Å². The number of carbonyl (C=O) groups is 1. The number of amides is 1. The van der Waals surface area contributed by atoms with E-state index in [9.17, 15) is 4.79 Å². The molecule has 1 aliphatic rings. The number of hydrogen-bond donors (Lipinski definition) is 3. The highest BCUT2D eigenvalue weighted by molar-refractivity contribution is 6.05. The quantitative estimate of drug-likeness (QED) is 0.813. The van der Waals surface area contributed by atoms with Gasteiger partial charge in [-0.25, -0.2) is 0 Å². The molecule has 4 N–H and O–H groups in total. The third-order valence-electron chi connectivity index (χ3n) is 4.91. The maximum atomic E-state index is 12.2. The number of carbonyl (C=O) groups excluding carboxylic acids is 1. The van der Waals surface area contributed by atoms with Crippen LogP contribution in [0, 0.1) is 11.3 Å². The van der Waals surface area contributed by atoms with Gasteiger partial charge in [-0.05, 0) is 42.2 Å². The maximum absolute atomic E-state index is 12.2. The molecule has 5 heteroatoms. The third-order valence-corrected chi connectivity index (χ3v) is 4.91. The second-order valence-electron chi connectivity index (χ2n) is 7.54. The van der Waals surface area contributed by atoms with Crippen LogP contribution in [0.25, 0.3) is 11.0 Å². The molecule has 2 aromatic rings. The van der Waals surface area contributed by atoms with E-state index in [-0.39, 0.29) is 5.91 Å². The first-order chi connectivity index (χ1) is 10.9. The fraction of sp³-hybridized carbons (Fsp3) is 0.556. The highest BCUT2D eigenvalue weighted by Gasteiger charge is 2.30. The van der Waals surface area contributed by atoms with Gasteiger partial charge in [0.05, 0.1) is 11.1 Å². The lowest BCUT2D eigenvalue weighted by atomic mass is 9.71. The van der Waals surface area contributed by atoms with Crippen molar-refractivity contribution in [3.63, 3.8) is 0 Å². The van der Waals surface area contributed by atoms with Crippen LogP contribution in [0.2, 0.25) is 0 Å². The largest absolute Gasteiger partial charge is 0.359 e. The first-order valence-corrected chi connectivity index (χ1v) is 8.38. The van der Waals surface area contributed by atoms with Crippen LogP contribution >= 0.6 is 0 Å². The summed E-state index contributed by atoms with van der Waals surface area (Å²) in [5, 5.41) is 2.81. The number of nitrogens with two attached hydrogens (primary N) is 1. The molecule has 23 heavy (non-hydrogen) atoms. The summed E-state index contributed by atoms with van der Waals surface area (Å²) in [6, 6.07) is 2.18. The Morgan fingerprint density at radius 3 is 2.96 bits per heavy atom. The average molecular weight is 314 g/mol. The number of aromatic nitrogens is 2. The lowest BCUT2D eigenvalue weighted by Gasteiger charge is -2.34. The molecule has 2 aromatic heterocycles. The zero-order valence-electron chi connectivity index (χ0n) is 14.2. The topological polar surface area (TPSA) is 83.8 Å². The molecule has 3 rings (SSSR count). The Morgan fingerprint density at radius 2 is 2.26 bits per heavy atom. The fourth-order valence-electron chi connectivity index (χ4n) is 3.39. The Kier molecular flexibility index (Phi) is 4.15. The Hall–Kier alpha value is -1.88. The number of hydrogen-bond acceptors (Lipinski definition) is 3. The summed E-state index contributed by atoms with van der Waals surface area (Å²) in [5.74, 6) is 0.564. The van der Waals surface area contributed by atoms with Crippen molar-refractivity contribution in [1.29, 1.82) is 0 Å². The minimum Gasteiger partial charge on any atom is -0.359 e. The molecule has 0 radical (unpaired) electrons. The van der Waals surface area contributed by atoms with E-state index in [1.165, 1.54) is 5.56 Å². The van der Waals surface area contributed by atoms with Gasteiger partial charge in [0.2, 0.25) is 0 Å². The van der Waals surface area contributed by atoms with Crippen molar-refractivity contribution in [3.05, 3.63) is 29.1 Å². The van der Waals surface area contributed by atoms with Gasteiger partial charge < -0.3 is 16.0 Å². The van der Waals surface area contributed by atoms with Crippen LogP contribution in [-0.2, 0) is 12.8 Å². The van der Waals surface area contributed by atoms with Crippen LogP contribution < -0.4 is 11.1 Å². The Morgan fingerprint density at radius 1 is 1.48 bits per heavy atom. The van der Waals surface area contributed by atoms with Gasteiger partial charge in [-0.15, -0.1) is 0 Å². The molecular weight excluding hydrogens is 288 g/mol. The monoisotopic (exact) mass is 314 g/mol. The zero-order chi connectivity index (χ0) is 16.6. The number of nitrogens with one attached hydrogen (secondary N) is 2. The van der Waals surface area contributed by atoms with Crippen molar-refractivity contribution in [2.45, 2.75) is 40.0 Å². The summed E-state index contributed by atoms with van der Waals surface area (Å²) in [6.07, 6.45) is 4.96. The Balaban J connectivity index is 1.93. The highest BCUT2D eigenvalue weighted by Crippen LogP contribution is 2.37. The van der Waals surface area contributed by atoms with E-state index in [1.807, 2.05) is 0 Å². The molecular formula is C18H26N4O. The van der Waals surface area contributed by atoms with Crippen molar-refractivity contribution in [2.75, 3.05) is 13.1 Å². The van der Waals surface area contributed by atoms with Crippen LogP contribution in [0.3, 0.4) is 0 Å². The molecule has 2 heterocycles. The summed E-state index contributed by atoms with van der Waals surface area (Å²) >= 11 is 0. The van der Waals surface area contributed by atoms with Gasteiger partial charge in [-0.2, -0.15) is 0 Å².